The van der Waals surface area contributed by atoms with Gasteiger partial charge in [0.25, 0.3) is 5.91 Å². The van der Waals surface area contributed by atoms with Crippen LogP contribution in [0.4, 0.5) is 4.39 Å². The number of amides is 1. The van der Waals surface area contributed by atoms with Gasteiger partial charge in [-0.15, -0.1) is 0 Å². The van der Waals surface area contributed by atoms with E-state index < -0.39 is 10.0 Å². The number of hydrogen-bond donors (Lipinski definition) is 0. The lowest BCUT2D eigenvalue weighted by Crippen LogP contribution is -2.30. The predicted molar refractivity (Wildman–Crippen MR) is 94.1 cm³/mol. The maximum atomic E-state index is 13.3. The van der Waals surface area contributed by atoms with Crippen LogP contribution >= 0.6 is 0 Å². The Morgan fingerprint density at radius 3 is 2.36 bits per heavy atom. The molecule has 0 N–H and O–H groups in total. The van der Waals surface area contributed by atoms with Crippen LogP contribution in [0.15, 0.2) is 53.4 Å². The van der Waals surface area contributed by atoms with Crippen molar-refractivity contribution in [2.75, 3.05) is 20.6 Å². The average Bonchev–Trinajstić information content (AvgIpc) is 2.59. The highest BCUT2D eigenvalue weighted by molar-refractivity contribution is 7.89. The molecule has 0 aliphatic heterocycles. The minimum atomic E-state index is -3.62. The van der Waals surface area contributed by atoms with E-state index in [0.29, 0.717) is 12.1 Å². The van der Waals surface area contributed by atoms with Crippen LogP contribution in [0.5, 0.6) is 0 Å². The van der Waals surface area contributed by atoms with Crippen LogP contribution in [0.3, 0.4) is 0 Å². The summed E-state index contributed by atoms with van der Waals surface area (Å²) in [5, 5.41) is 0. The minimum Gasteiger partial charge on any atom is -0.335 e. The number of rotatable bonds is 6. The van der Waals surface area contributed by atoms with Gasteiger partial charge in [-0.1, -0.05) is 18.2 Å². The first kappa shape index (κ1) is 19.1. The fourth-order valence-corrected chi connectivity index (χ4v) is 3.31. The van der Waals surface area contributed by atoms with Crippen molar-refractivity contribution in [2.45, 2.75) is 18.4 Å². The number of hydrogen-bond acceptors (Lipinski definition) is 3. The van der Waals surface area contributed by atoms with E-state index >= 15 is 0 Å². The highest BCUT2D eigenvalue weighted by atomic mass is 32.2. The van der Waals surface area contributed by atoms with E-state index in [2.05, 4.69) is 0 Å². The van der Waals surface area contributed by atoms with Crippen LogP contribution in [0.2, 0.25) is 0 Å². The van der Waals surface area contributed by atoms with E-state index in [9.17, 15) is 17.6 Å². The molecule has 0 spiro atoms. The molecule has 25 heavy (non-hydrogen) atoms. The zero-order chi connectivity index (χ0) is 18.6. The Kier molecular flexibility index (Phi) is 5.92. The van der Waals surface area contributed by atoms with Crippen molar-refractivity contribution in [2.24, 2.45) is 0 Å². The van der Waals surface area contributed by atoms with Crippen molar-refractivity contribution in [1.82, 2.24) is 9.21 Å². The molecule has 0 bridgehead atoms. The Labute approximate surface area is 147 Å². The predicted octanol–water partition coefficient (Wildman–Crippen LogP) is 2.74. The molecule has 5 nitrogen and oxygen atoms in total. The molecule has 0 aromatic heterocycles. The molecule has 0 unspecified atom stereocenters. The summed E-state index contributed by atoms with van der Waals surface area (Å²) in [4.78, 5) is 14.3. The van der Waals surface area contributed by atoms with Crippen LogP contribution in [0.1, 0.15) is 22.8 Å². The van der Waals surface area contributed by atoms with Crippen molar-refractivity contribution < 1.29 is 17.6 Å². The molecule has 0 saturated carbocycles. The lowest BCUT2D eigenvalue weighted by atomic mass is 10.1. The standard InChI is InChI=1S/C18H21FN2O3S/c1-4-21(13-14-7-5-9-16(19)11-14)18(22)15-8-6-10-17(12-15)25(23,24)20(2)3/h5-12H,4,13H2,1-3H3. The summed E-state index contributed by atoms with van der Waals surface area (Å²) in [6, 6.07) is 12.0. The lowest BCUT2D eigenvalue weighted by Gasteiger charge is -2.21. The van der Waals surface area contributed by atoms with Gasteiger partial charge >= 0.3 is 0 Å². The topological polar surface area (TPSA) is 57.7 Å². The van der Waals surface area contributed by atoms with Gasteiger partial charge in [0.2, 0.25) is 10.0 Å². The highest BCUT2D eigenvalue weighted by Crippen LogP contribution is 2.17. The Morgan fingerprint density at radius 1 is 1.08 bits per heavy atom. The number of carbonyl (C=O) groups is 1. The van der Waals surface area contributed by atoms with Crippen molar-refractivity contribution in [3.8, 4) is 0 Å². The fraction of sp³-hybridized carbons (Fsp3) is 0.278. The zero-order valence-electron chi connectivity index (χ0n) is 14.4. The second-order valence-electron chi connectivity index (χ2n) is 5.76. The van der Waals surface area contributed by atoms with Crippen molar-refractivity contribution in [3.05, 3.63) is 65.5 Å². The Morgan fingerprint density at radius 2 is 1.76 bits per heavy atom. The molecule has 134 valence electrons. The normalized spacial score (nSPS) is 11.6. The number of carbonyl (C=O) groups excluding carboxylic acids is 1. The van der Waals surface area contributed by atoms with Gasteiger partial charge in [-0.25, -0.2) is 17.1 Å². The minimum absolute atomic E-state index is 0.0603. The van der Waals surface area contributed by atoms with Crippen molar-refractivity contribution in [3.63, 3.8) is 0 Å². The third-order valence-corrected chi connectivity index (χ3v) is 5.60. The van der Waals surface area contributed by atoms with Crippen LogP contribution in [0, 0.1) is 5.82 Å². The Balaban J connectivity index is 2.29. The molecule has 0 atom stereocenters. The number of nitrogens with zero attached hydrogens (tertiary/aromatic N) is 2. The van der Waals surface area contributed by atoms with Crippen LogP contribution < -0.4 is 0 Å². The molecule has 1 amide bonds. The van der Waals surface area contributed by atoms with Crippen LogP contribution in [-0.4, -0.2) is 44.2 Å². The maximum absolute atomic E-state index is 13.3. The van der Waals surface area contributed by atoms with Gasteiger partial charge in [0.05, 0.1) is 4.90 Å². The van der Waals surface area contributed by atoms with Gasteiger partial charge in [0.1, 0.15) is 5.82 Å². The number of benzene rings is 2. The molecule has 0 heterocycles. The highest BCUT2D eigenvalue weighted by Gasteiger charge is 2.21. The molecule has 0 aliphatic rings. The summed E-state index contributed by atoms with van der Waals surface area (Å²) in [6.45, 7) is 2.48. The van der Waals surface area contributed by atoms with Crippen molar-refractivity contribution >= 4 is 15.9 Å². The monoisotopic (exact) mass is 364 g/mol. The van der Waals surface area contributed by atoms with E-state index in [1.54, 1.807) is 24.3 Å². The summed E-state index contributed by atoms with van der Waals surface area (Å²) in [6.07, 6.45) is 0. The fourth-order valence-electron chi connectivity index (χ4n) is 2.37. The molecule has 0 aliphatic carbocycles. The molecule has 2 aromatic carbocycles. The summed E-state index contributed by atoms with van der Waals surface area (Å²) in [7, 11) is -0.744. The first-order valence-corrected chi connectivity index (χ1v) is 9.26. The van der Waals surface area contributed by atoms with E-state index in [1.165, 1.54) is 43.3 Å². The first-order valence-electron chi connectivity index (χ1n) is 7.82. The lowest BCUT2D eigenvalue weighted by molar-refractivity contribution is 0.0752. The second kappa shape index (κ2) is 7.76. The van der Waals surface area contributed by atoms with E-state index in [0.717, 1.165) is 4.31 Å². The third-order valence-electron chi connectivity index (χ3n) is 3.79. The molecule has 2 aromatic rings. The van der Waals surface area contributed by atoms with Gasteiger partial charge in [-0.05, 0) is 42.8 Å². The largest absolute Gasteiger partial charge is 0.335 e. The average molecular weight is 364 g/mol. The van der Waals surface area contributed by atoms with Crippen LogP contribution in [0.25, 0.3) is 0 Å². The molecular weight excluding hydrogens is 343 g/mol. The van der Waals surface area contributed by atoms with Gasteiger partial charge in [-0.3, -0.25) is 4.79 Å². The Hall–Kier alpha value is -2.25. The number of sulfonamides is 1. The van der Waals surface area contributed by atoms with Gasteiger partial charge < -0.3 is 4.90 Å². The maximum Gasteiger partial charge on any atom is 0.254 e. The molecule has 0 saturated heterocycles. The van der Waals surface area contributed by atoms with E-state index in [-0.39, 0.29) is 28.7 Å². The smallest absolute Gasteiger partial charge is 0.254 e. The molecule has 7 heteroatoms. The summed E-state index contributed by atoms with van der Waals surface area (Å²) < 4.78 is 38.9. The molecule has 0 fully saturated rings. The molecular formula is C18H21FN2O3S. The zero-order valence-corrected chi connectivity index (χ0v) is 15.3. The summed E-state index contributed by atoms with van der Waals surface area (Å²) >= 11 is 0. The van der Waals surface area contributed by atoms with Crippen LogP contribution in [-0.2, 0) is 16.6 Å². The third kappa shape index (κ3) is 4.43. The number of halogens is 1. The quantitative estimate of drug-likeness (QED) is 0.792. The Bertz CT molecular complexity index is 866. The van der Waals surface area contributed by atoms with E-state index in [1.807, 2.05) is 6.92 Å². The van der Waals surface area contributed by atoms with Gasteiger partial charge in [-0.2, -0.15) is 0 Å². The first-order chi connectivity index (χ1) is 11.8. The second-order valence-corrected chi connectivity index (χ2v) is 7.92. The SMILES string of the molecule is CCN(Cc1cccc(F)c1)C(=O)c1cccc(S(=O)(=O)N(C)C)c1. The van der Waals surface area contributed by atoms with Gasteiger partial charge in [0.15, 0.2) is 0 Å². The summed E-state index contributed by atoms with van der Waals surface area (Å²) in [5.74, 6) is -0.664. The molecule has 2 rings (SSSR count). The van der Waals surface area contributed by atoms with Crippen molar-refractivity contribution in [1.29, 1.82) is 0 Å². The van der Waals surface area contributed by atoms with E-state index in [4.69, 9.17) is 0 Å². The summed E-state index contributed by atoms with van der Waals surface area (Å²) in [5.41, 5.74) is 0.952. The van der Waals surface area contributed by atoms with Gasteiger partial charge in [0, 0.05) is 32.7 Å². The molecule has 0 radical (unpaired) electrons.